The van der Waals surface area contributed by atoms with E-state index in [1.165, 1.54) is 18.0 Å². The molecule has 0 spiro atoms. The van der Waals surface area contributed by atoms with E-state index in [0.29, 0.717) is 18.6 Å². The lowest BCUT2D eigenvalue weighted by molar-refractivity contribution is -0.604. The number of hydrogen-bond acceptors (Lipinski definition) is 5. The van der Waals surface area contributed by atoms with Crippen LogP contribution in [0, 0.1) is 11.1 Å². The summed E-state index contributed by atoms with van der Waals surface area (Å²) in [5, 5.41) is 11.5. The van der Waals surface area contributed by atoms with E-state index in [2.05, 4.69) is 40.4 Å². The molecule has 0 radical (unpaired) electrons. The summed E-state index contributed by atoms with van der Waals surface area (Å²) in [6.07, 6.45) is 7.06. The normalized spacial score (nSPS) is 15.7. The van der Waals surface area contributed by atoms with Crippen molar-refractivity contribution >= 4 is 11.0 Å². The van der Waals surface area contributed by atoms with Crippen molar-refractivity contribution in [1.82, 2.24) is 14.5 Å². The van der Waals surface area contributed by atoms with E-state index in [4.69, 9.17) is 9.47 Å². The molecular weight excluding hydrogens is 380 g/mol. The zero-order valence-electron chi connectivity index (χ0n) is 18.0. The van der Waals surface area contributed by atoms with E-state index in [-0.39, 0.29) is 0 Å². The Labute approximate surface area is 177 Å². The van der Waals surface area contributed by atoms with Gasteiger partial charge in [-0.3, -0.25) is 4.90 Å². The molecule has 0 unspecified atom stereocenters. The van der Waals surface area contributed by atoms with Crippen LogP contribution in [-0.4, -0.2) is 41.3 Å². The number of nitrogens with zero attached hydrogens (tertiary/aromatic N) is 4. The molecule has 2 aromatic heterocycles. The van der Waals surface area contributed by atoms with Gasteiger partial charge in [-0.05, 0) is 36.5 Å². The van der Waals surface area contributed by atoms with Gasteiger partial charge in [0.15, 0.2) is 23.2 Å². The fourth-order valence-electron chi connectivity index (χ4n) is 4.06. The van der Waals surface area contributed by atoms with Gasteiger partial charge in [-0.1, -0.05) is 19.9 Å². The number of aromatic nitrogens is 3. The molecule has 7 nitrogen and oxygen atoms in total. The van der Waals surface area contributed by atoms with Gasteiger partial charge in [0.2, 0.25) is 6.20 Å². The zero-order chi connectivity index (χ0) is 21.1. The SMILES string of the molecule is COc1ccc(CN2CCC(n3cnc4c[n+]([O-])ccc43)CC2)cc1OCC(C)C. The quantitative estimate of drug-likeness (QED) is 0.440. The largest absolute Gasteiger partial charge is 0.619 e. The van der Waals surface area contributed by atoms with Gasteiger partial charge in [-0.2, -0.15) is 4.73 Å². The third-order valence-corrected chi connectivity index (χ3v) is 5.65. The third kappa shape index (κ3) is 4.51. The average Bonchev–Trinajstić information content (AvgIpc) is 3.16. The molecule has 1 saturated heterocycles. The maximum Gasteiger partial charge on any atom is 0.208 e. The minimum Gasteiger partial charge on any atom is -0.619 e. The van der Waals surface area contributed by atoms with Crippen molar-refractivity contribution in [1.29, 1.82) is 0 Å². The second-order valence-corrected chi connectivity index (χ2v) is 8.42. The number of ether oxygens (including phenoxy) is 2. The van der Waals surface area contributed by atoms with Crippen molar-refractivity contribution in [2.24, 2.45) is 5.92 Å². The van der Waals surface area contributed by atoms with E-state index in [1.54, 1.807) is 7.11 Å². The number of pyridine rings is 1. The highest BCUT2D eigenvalue weighted by Gasteiger charge is 2.22. The highest BCUT2D eigenvalue weighted by atomic mass is 16.5. The first-order chi connectivity index (χ1) is 14.5. The predicted molar refractivity (Wildman–Crippen MR) is 116 cm³/mol. The van der Waals surface area contributed by atoms with Crippen LogP contribution in [0.2, 0.25) is 0 Å². The molecule has 1 fully saturated rings. The number of imidazole rings is 1. The number of rotatable bonds is 7. The standard InChI is InChI=1S/C23H30N4O3/c1-17(2)15-30-23-12-18(4-5-22(23)29-3)13-25-9-6-19(7-10-25)27-16-24-20-14-26(28)11-8-21(20)27/h4-5,8,11-12,14,16-17,19H,6-7,9-10,13,15H2,1-3H3. The summed E-state index contributed by atoms with van der Waals surface area (Å²) in [5.41, 5.74) is 3.02. The second kappa shape index (κ2) is 8.92. The lowest BCUT2D eigenvalue weighted by atomic mass is 10.0. The van der Waals surface area contributed by atoms with Crippen molar-refractivity contribution in [3.63, 3.8) is 0 Å². The van der Waals surface area contributed by atoms with Gasteiger partial charge >= 0.3 is 0 Å². The summed E-state index contributed by atoms with van der Waals surface area (Å²) >= 11 is 0. The number of benzene rings is 1. The minimum atomic E-state index is 0.412. The Morgan fingerprint density at radius 3 is 2.73 bits per heavy atom. The molecule has 0 saturated carbocycles. The van der Waals surface area contributed by atoms with Gasteiger partial charge in [-0.15, -0.1) is 0 Å². The highest BCUT2D eigenvalue weighted by molar-refractivity contribution is 5.73. The Hall–Kier alpha value is -2.80. The van der Waals surface area contributed by atoms with Crippen LogP contribution >= 0.6 is 0 Å². The number of hydrogen-bond donors (Lipinski definition) is 0. The molecule has 1 aromatic carbocycles. The van der Waals surface area contributed by atoms with Crippen molar-refractivity contribution in [3.8, 4) is 11.5 Å². The molecule has 3 heterocycles. The Kier molecular flexibility index (Phi) is 6.08. The van der Waals surface area contributed by atoms with Gasteiger partial charge in [0.1, 0.15) is 0 Å². The molecule has 0 aliphatic carbocycles. The maximum atomic E-state index is 11.5. The van der Waals surface area contributed by atoms with Crippen molar-refractivity contribution in [2.75, 3.05) is 26.8 Å². The van der Waals surface area contributed by atoms with Crippen LogP contribution < -0.4 is 14.2 Å². The molecule has 0 N–H and O–H groups in total. The molecule has 1 aliphatic heterocycles. The minimum absolute atomic E-state index is 0.412. The molecule has 30 heavy (non-hydrogen) atoms. The summed E-state index contributed by atoms with van der Waals surface area (Å²) < 4.78 is 14.4. The van der Waals surface area contributed by atoms with E-state index >= 15 is 0 Å². The average molecular weight is 411 g/mol. The van der Waals surface area contributed by atoms with Crippen molar-refractivity contribution in [2.45, 2.75) is 39.3 Å². The molecule has 7 heteroatoms. The van der Waals surface area contributed by atoms with E-state index in [1.807, 2.05) is 18.5 Å². The summed E-state index contributed by atoms with van der Waals surface area (Å²) in [7, 11) is 1.68. The second-order valence-electron chi connectivity index (χ2n) is 8.42. The van der Waals surface area contributed by atoms with E-state index in [9.17, 15) is 5.21 Å². The highest BCUT2D eigenvalue weighted by Crippen LogP contribution is 2.31. The van der Waals surface area contributed by atoms with E-state index in [0.717, 1.165) is 59.7 Å². The first-order valence-corrected chi connectivity index (χ1v) is 10.6. The monoisotopic (exact) mass is 410 g/mol. The smallest absolute Gasteiger partial charge is 0.208 e. The predicted octanol–water partition coefficient (Wildman–Crippen LogP) is 3.55. The molecule has 0 amide bonds. The van der Waals surface area contributed by atoms with E-state index < -0.39 is 0 Å². The summed E-state index contributed by atoms with van der Waals surface area (Å²) in [6, 6.07) is 8.49. The van der Waals surface area contributed by atoms with Crippen LogP contribution in [-0.2, 0) is 6.54 Å². The fraction of sp³-hybridized carbons (Fsp3) is 0.478. The van der Waals surface area contributed by atoms with Crippen LogP contribution in [0.5, 0.6) is 11.5 Å². The lowest BCUT2D eigenvalue weighted by Crippen LogP contribution is -2.34. The van der Waals surface area contributed by atoms with Gasteiger partial charge in [0.05, 0.1) is 25.6 Å². The third-order valence-electron chi connectivity index (χ3n) is 5.65. The topological polar surface area (TPSA) is 66.5 Å². The molecular formula is C23H30N4O3. The van der Waals surface area contributed by atoms with Gasteiger partial charge < -0.3 is 19.2 Å². The molecule has 4 rings (SSSR count). The molecule has 3 aromatic rings. The molecule has 0 atom stereocenters. The molecule has 1 aliphatic rings. The lowest BCUT2D eigenvalue weighted by Gasteiger charge is -2.33. The van der Waals surface area contributed by atoms with Crippen LogP contribution in [0.15, 0.2) is 43.0 Å². The Morgan fingerprint density at radius 1 is 1.20 bits per heavy atom. The zero-order valence-corrected chi connectivity index (χ0v) is 18.0. The fourth-order valence-corrected chi connectivity index (χ4v) is 4.06. The van der Waals surface area contributed by atoms with Crippen LogP contribution in [0.1, 0.15) is 38.3 Å². The van der Waals surface area contributed by atoms with Crippen molar-refractivity contribution in [3.05, 3.63) is 53.8 Å². The van der Waals surface area contributed by atoms with Crippen LogP contribution in [0.25, 0.3) is 11.0 Å². The maximum absolute atomic E-state index is 11.5. The summed E-state index contributed by atoms with van der Waals surface area (Å²) in [5.74, 6) is 2.07. The molecule has 160 valence electrons. The number of fused-ring (bicyclic) bond motifs is 1. The Morgan fingerprint density at radius 2 is 2.00 bits per heavy atom. The number of piperidine rings is 1. The van der Waals surface area contributed by atoms with Gasteiger partial charge in [-0.25, -0.2) is 4.98 Å². The van der Waals surface area contributed by atoms with Crippen molar-refractivity contribution < 1.29 is 14.2 Å². The number of likely N-dealkylation sites (tertiary alicyclic amines) is 1. The van der Waals surface area contributed by atoms with Gasteiger partial charge in [0.25, 0.3) is 0 Å². The summed E-state index contributed by atoms with van der Waals surface area (Å²) in [6.45, 7) is 7.90. The summed E-state index contributed by atoms with van der Waals surface area (Å²) in [4.78, 5) is 6.88. The first kappa shape index (κ1) is 20.5. The van der Waals surface area contributed by atoms with Crippen LogP contribution in [0.3, 0.4) is 0 Å². The first-order valence-electron chi connectivity index (χ1n) is 10.6. The van der Waals surface area contributed by atoms with Crippen LogP contribution in [0.4, 0.5) is 0 Å². The molecule has 0 bridgehead atoms. The number of methoxy groups -OCH3 is 1. The van der Waals surface area contributed by atoms with Gasteiger partial charge in [0, 0.05) is 31.7 Å². The Bertz CT molecular complexity index is 993. The Balaban J connectivity index is 1.39.